The van der Waals surface area contributed by atoms with Crippen molar-refractivity contribution in [2.75, 3.05) is 11.9 Å². The summed E-state index contributed by atoms with van der Waals surface area (Å²) >= 11 is 13.3. The second kappa shape index (κ2) is 6.47. The Labute approximate surface area is 130 Å². The molecule has 2 aromatic rings. The number of anilines is 1. The molecule has 0 aliphatic heterocycles. The van der Waals surface area contributed by atoms with Crippen molar-refractivity contribution >= 4 is 40.8 Å². The average Bonchev–Trinajstić information content (AvgIpc) is 2.34. The van der Waals surface area contributed by atoms with Gasteiger partial charge in [0.25, 0.3) is 5.56 Å². The third-order valence-corrected chi connectivity index (χ3v) is 3.86. The van der Waals surface area contributed by atoms with Gasteiger partial charge in [0.2, 0.25) is 0 Å². The van der Waals surface area contributed by atoms with E-state index in [1.54, 1.807) is 13.0 Å². The van der Waals surface area contributed by atoms with Gasteiger partial charge in [-0.3, -0.25) is 4.79 Å². The van der Waals surface area contributed by atoms with Crippen LogP contribution < -0.4 is 10.9 Å². The van der Waals surface area contributed by atoms with E-state index in [-0.39, 0.29) is 5.56 Å². The molecule has 5 nitrogen and oxygen atoms in total. The van der Waals surface area contributed by atoms with Gasteiger partial charge < -0.3 is 10.3 Å². The van der Waals surface area contributed by atoms with Crippen molar-refractivity contribution in [1.82, 2.24) is 15.0 Å². The highest BCUT2D eigenvalue weighted by atomic mass is 35.5. The Balaban J connectivity index is 2.37. The standard InChI is InChI=1S/C12H12Cl2N4OS/c1-3-15-10-7(13)5-8(14)11(18-10)20-12-16-6(2)4-9(19)17-12/h4-5H,3H2,1-2H3,(H,15,18)(H,16,17,19). The minimum absolute atomic E-state index is 0.211. The molecule has 20 heavy (non-hydrogen) atoms. The largest absolute Gasteiger partial charge is 0.369 e. The van der Waals surface area contributed by atoms with Crippen LogP contribution in [0.15, 0.2) is 27.1 Å². The number of hydrogen-bond acceptors (Lipinski definition) is 5. The maximum atomic E-state index is 11.4. The van der Waals surface area contributed by atoms with Gasteiger partial charge >= 0.3 is 0 Å². The number of aromatic amines is 1. The second-order valence-corrected chi connectivity index (χ2v) is 5.72. The van der Waals surface area contributed by atoms with Crippen molar-refractivity contribution in [2.45, 2.75) is 24.0 Å². The molecule has 0 saturated heterocycles. The Kier molecular flexibility index (Phi) is 4.91. The smallest absolute Gasteiger partial charge is 0.251 e. The molecule has 0 bridgehead atoms. The van der Waals surface area contributed by atoms with Gasteiger partial charge in [-0.25, -0.2) is 9.97 Å². The molecule has 0 radical (unpaired) electrons. The second-order valence-electron chi connectivity index (χ2n) is 3.93. The van der Waals surface area contributed by atoms with Crippen LogP contribution in [0.5, 0.6) is 0 Å². The number of hydrogen-bond donors (Lipinski definition) is 2. The quantitative estimate of drug-likeness (QED) is 0.841. The SMILES string of the molecule is CCNc1nc(Sc2nc(C)cc(=O)[nH]2)c(Cl)cc1Cl. The van der Waals surface area contributed by atoms with Gasteiger partial charge in [0.05, 0.1) is 10.0 Å². The zero-order valence-electron chi connectivity index (χ0n) is 10.8. The van der Waals surface area contributed by atoms with E-state index < -0.39 is 0 Å². The van der Waals surface area contributed by atoms with Crippen LogP contribution in [-0.2, 0) is 0 Å². The number of H-pyrrole nitrogens is 1. The van der Waals surface area contributed by atoms with E-state index in [1.807, 2.05) is 6.92 Å². The van der Waals surface area contributed by atoms with Gasteiger partial charge in [0, 0.05) is 18.3 Å². The number of nitrogens with zero attached hydrogens (tertiary/aromatic N) is 2. The molecule has 0 aliphatic rings. The molecule has 0 aromatic carbocycles. The molecule has 0 fully saturated rings. The minimum Gasteiger partial charge on any atom is -0.369 e. The summed E-state index contributed by atoms with van der Waals surface area (Å²) in [5, 5.41) is 4.87. The summed E-state index contributed by atoms with van der Waals surface area (Å²) in [7, 11) is 0. The Morgan fingerprint density at radius 1 is 1.30 bits per heavy atom. The van der Waals surface area contributed by atoms with Gasteiger partial charge in [-0.15, -0.1) is 0 Å². The first-order chi connectivity index (χ1) is 9.49. The maximum absolute atomic E-state index is 11.4. The zero-order chi connectivity index (χ0) is 14.7. The lowest BCUT2D eigenvalue weighted by Gasteiger charge is -2.09. The average molecular weight is 331 g/mol. The topological polar surface area (TPSA) is 70.7 Å². The van der Waals surface area contributed by atoms with Crippen LogP contribution in [0.4, 0.5) is 5.82 Å². The number of halogens is 2. The van der Waals surface area contributed by atoms with Crippen molar-refractivity contribution in [3.8, 4) is 0 Å². The fourth-order valence-corrected chi connectivity index (χ4v) is 2.86. The van der Waals surface area contributed by atoms with Crippen LogP contribution >= 0.6 is 35.0 Å². The molecule has 0 amide bonds. The molecule has 2 aromatic heterocycles. The molecule has 0 atom stereocenters. The first-order valence-corrected chi connectivity index (χ1v) is 7.42. The van der Waals surface area contributed by atoms with Crippen LogP contribution in [0, 0.1) is 6.92 Å². The van der Waals surface area contributed by atoms with Gasteiger partial charge in [0.15, 0.2) is 5.16 Å². The predicted octanol–water partition coefficient (Wildman–Crippen LogP) is 3.36. The van der Waals surface area contributed by atoms with Gasteiger partial charge in [-0.1, -0.05) is 23.2 Å². The highest BCUT2D eigenvalue weighted by Crippen LogP contribution is 2.34. The first-order valence-electron chi connectivity index (χ1n) is 5.85. The number of nitrogens with one attached hydrogen (secondary N) is 2. The summed E-state index contributed by atoms with van der Waals surface area (Å²) in [6.07, 6.45) is 0. The van der Waals surface area contributed by atoms with E-state index in [0.717, 1.165) is 0 Å². The van der Waals surface area contributed by atoms with Crippen molar-refractivity contribution in [3.05, 3.63) is 38.2 Å². The molecule has 2 N–H and O–H groups in total. The summed E-state index contributed by atoms with van der Waals surface area (Å²) in [4.78, 5) is 22.6. The molecule has 0 spiro atoms. The van der Waals surface area contributed by atoms with Crippen LogP contribution in [0.1, 0.15) is 12.6 Å². The van der Waals surface area contributed by atoms with Crippen molar-refractivity contribution < 1.29 is 0 Å². The maximum Gasteiger partial charge on any atom is 0.251 e. The van der Waals surface area contributed by atoms with E-state index in [2.05, 4.69) is 20.3 Å². The molecule has 8 heteroatoms. The lowest BCUT2D eigenvalue weighted by atomic mass is 10.4. The van der Waals surface area contributed by atoms with Crippen LogP contribution in [0.25, 0.3) is 0 Å². The molecular weight excluding hydrogens is 319 g/mol. The van der Waals surface area contributed by atoms with E-state index >= 15 is 0 Å². The Bertz CT molecular complexity index is 690. The zero-order valence-corrected chi connectivity index (χ0v) is 13.2. The first kappa shape index (κ1) is 15.2. The van der Waals surface area contributed by atoms with Crippen LogP contribution in [-0.4, -0.2) is 21.5 Å². The highest BCUT2D eigenvalue weighted by Gasteiger charge is 2.12. The van der Waals surface area contributed by atoms with Crippen LogP contribution in [0.3, 0.4) is 0 Å². The van der Waals surface area contributed by atoms with E-state index in [1.165, 1.54) is 17.8 Å². The molecule has 2 rings (SSSR count). The van der Waals surface area contributed by atoms with E-state index in [4.69, 9.17) is 23.2 Å². The van der Waals surface area contributed by atoms with Crippen molar-refractivity contribution in [2.24, 2.45) is 0 Å². The highest BCUT2D eigenvalue weighted by molar-refractivity contribution is 7.99. The lowest BCUT2D eigenvalue weighted by Crippen LogP contribution is -2.08. The summed E-state index contributed by atoms with van der Waals surface area (Å²) in [5.41, 5.74) is 0.422. The molecule has 106 valence electrons. The number of rotatable bonds is 4. The summed E-state index contributed by atoms with van der Waals surface area (Å²) < 4.78 is 0. The van der Waals surface area contributed by atoms with E-state index in [9.17, 15) is 4.79 Å². The molecule has 0 unspecified atom stereocenters. The predicted molar refractivity (Wildman–Crippen MR) is 82.1 cm³/mol. The monoisotopic (exact) mass is 330 g/mol. The summed E-state index contributed by atoms with van der Waals surface area (Å²) in [6, 6.07) is 3.04. The Hall–Kier alpha value is -1.24. The molecule has 0 aliphatic carbocycles. The lowest BCUT2D eigenvalue weighted by molar-refractivity contribution is 0.902. The van der Waals surface area contributed by atoms with Crippen molar-refractivity contribution in [3.63, 3.8) is 0 Å². The van der Waals surface area contributed by atoms with Gasteiger partial charge in [-0.2, -0.15) is 0 Å². The molecule has 2 heterocycles. The Morgan fingerprint density at radius 2 is 2.05 bits per heavy atom. The summed E-state index contributed by atoms with van der Waals surface area (Å²) in [6.45, 7) is 4.39. The number of aromatic nitrogens is 3. The third-order valence-electron chi connectivity index (χ3n) is 2.28. The summed E-state index contributed by atoms with van der Waals surface area (Å²) in [5.74, 6) is 0.552. The molecule has 0 saturated carbocycles. The molecular formula is C12H12Cl2N4OS. The van der Waals surface area contributed by atoms with Gasteiger partial charge in [0.1, 0.15) is 10.8 Å². The van der Waals surface area contributed by atoms with Crippen LogP contribution in [0.2, 0.25) is 10.0 Å². The number of aryl methyl sites for hydroxylation is 1. The normalized spacial score (nSPS) is 10.6. The fraction of sp³-hybridized carbons (Fsp3) is 0.250. The van der Waals surface area contributed by atoms with E-state index in [0.29, 0.717) is 38.3 Å². The fourth-order valence-electron chi connectivity index (χ4n) is 1.50. The van der Waals surface area contributed by atoms with Gasteiger partial charge in [-0.05, 0) is 31.7 Å². The Morgan fingerprint density at radius 3 is 2.70 bits per heavy atom. The number of pyridine rings is 1. The third kappa shape index (κ3) is 3.65. The van der Waals surface area contributed by atoms with Crippen molar-refractivity contribution in [1.29, 1.82) is 0 Å². The minimum atomic E-state index is -0.211.